The zero-order valence-corrected chi connectivity index (χ0v) is 38.5. The van der Waals surface area contributed by atoms with Gasteiger partial charge in [-0.3, -0.25) is 9.59 Å². The number of rotatable bonds is 11. The molecule has 344 valence electrons. The van der Waals surface area contributed by atoms with E-state index in [4.69, 9.17) is 15.2 Å². The van der Waals surface area contributed by atoms with Crippen LogP contribution in [0.5, 0.6) is 0 Å². The van der Waals surface area contributed by atoms with E-state index in [1.54, 1.807) is 6.07 Å². The minimum Gasteiger partial charge on any atom is -0.463 e. The smallest absolute Gasteiger partial charge is 0.350 e. The Labute approximate surface area is 383 Å². The molecular formula is C53H66N6O6. The number of nitrogen functional groups attached to an aromatic ring is 1. The molecule has 1 aromatic carbocycles. The summed E-state index contributed by atoms with van der Waals surface area (Å²) in [5.74, 6) is 0.319. The highest BCUT2D eigenvalue weighted by molar-refractivity contribution is 6.33. The van der Waals surface area contributed by atoms with Crippen molar-refractivity contribution < 1.29 is 29.0 Å². The average Bonchev–Trinajstić information content (AvgIpc) is 4.01. The molecule has 3 aromatic rings. The Morgan fingerprint density at radius 2 is 1.92 bits per heavy atom. The van der Waals surface area contributed by atoms with Gasteiger partial charge < -0.3 is 36.3 Å². The van der Waals surface area contributed by atoms with Gasteiger partial charge in [-0.2, -0.15) is 0 Å². The summed E-state index contributed by atoms with van der Waals surface area (Å²) in [6.07, 6.45) is 20.8. The normalized spacial score (nSPS) is 31.1. The number of aliphatic hydroxyl groups is 1. The van der Waals surface area contributed by atoms with Crippen molar-refractivity contribution in [3.63, 3.8) is 0 Å². The van der Waals surface area contributed by atoms with Crippen molar-refractivity contribution in [1.29, 1.82) is 0 Å². The van der Waals surface area contributed by atoms with Gasteiger partial charge in [0, 0.05) is 41.9 Å². The van der Waals surface area contributed by atoms with E-state index < -0.39 is 28.7 Å². The van der Waals surface area contributed by atoms with Gasteiger partial charge in [0.1, 0.15) is 11.6 Å². The maximum absolute atomic E-state index is 15.5. The quantitative estimate of drug-likeness (QED) is 0.0567. The molecule has 3 aliphatic heterocycles. The zero-order valence-electron chi connectivity index (χ0n) is 38.5. The van der Waals surface area contributed by atoms with Crippen LogP contribution in [-0.2, 0) is 40.0 Å². The van der Waals surface area contributed by atoms with Crippen molar-refractivity contribution in [1.82, 2.24) is 20.6 Å². The van der Waals surface area contributed by atoms with Crippen molar-refractivity contribution in [3.8, 4) is 0 Å². The topological polar surface area (TPSA) is 181 Å². The first-order chi connectivity index (χ1) is 31.4. The van der Waals surface area contributed by atoms with E-state index in [-0.39, 0.29) is 54.3 Å². The summed E-state index contributed by atoms with van der Waals surface area (Å²) in [5.41, 5.74) is 9.04. The Hall–Kier alpha value is -5.01. The molecule has 1 saturated heterocycles. The summed E-state index contributed by atoms with van der Waals surface area (Å²) in [6.45, 7) is 6.76. The molecule has 4 bridgehead atoms. The van der Waals surface area contributed by atoms with Gasteiger partial charge in [0.25, 0.3) is 5.60 Å². The number of nitrogens with zero attached hydrogens (tertiary/aromatic N) is 2. The SMILES string of the molecule is CCNC1C=C2C=CCC3CCCCC(C)(Cc4ccc(N)nc4)Cc4cccc5c4C(=O)C4(OC4(CC(CO)=C(C)CCc4ccnc6c4CCC(NC)N6)C5=O)C(=O)OCC1CC23. The molecular weight excluding hydrogens is 817 g/mol. The number of likely N-dealkylation sites (N-methyl/N-ethyl adjacent to an activating group) is 1. The number of ether oxygens (including phenoxy) is 2. The van der Waals surface area contributed by atoms with Crippen LogP contribution in [-0.4, -0.2) is 82.8 Å². The second kappa shape index (κ2) is 18.3. The molecule has 8 atom stereocenters. The number of hydrogen-bond acceptors (Lipinski definition) is 12. The van der Waals surface area contributed by atoms with Crippen LogP contribution in [0.3, 0.4) is 0 Å². The molecule has 12 nitrogen and oxygen atoms in total. The van der Waals surface area contributed by atoms with Crippen molar-refractivity contribution in [2.45, 2.75) is 128 Å². The Bertz CT molecular complexity index is 2430. The van der Waals surface area contributed by atoms with Gasteiger partial charge in [0.05, 0.1) is 19.4 Å². The highest BCUT2D eigenvalue weighted by atomic mass is 16.7. The molecule has 0 amide bonds. The van der Waals surface area contributed by atoms with E-state index in [1.165, 1.54) is 16.7 Å². The van der Waals surface area contributed by atoms with Gasteiger partial charge in [-0.05, 0) is 148 Å². The number of epoxide rings is 1. The lowest BCUT2D eigenvalue weighted by Crippen LogP contribution is -2.52. The summed E-state index contributed by atoms with van der Waals surface area (Å²) in [7, 11) is 1.93. The number of nitrogens with two attached hydrogens (primary N) is 1. The lowest BCUT2D eigenvalue weighted by atomic mass is 9.67. The van der Waals surface area contributed by atoms with E-state index >= 15 is 14.4 Å². The van der Waals surface area contributed by atoms with Gasteiger partial charge in [0.15, 0.2) is 11.4 Å². The van der Waals surface area contributed by atoms with Gasteiger partial charge >= 0.3 is 5.97 Å². The average molecular weight is 883 g/mol. The molecule has 6 aliphatic rings. The fourth-order valence-electron chi connectivity index (χ4n) is 12.1. The maximum atomic E-state index is 15.5. The number of nitrogens with one attached hydrogen (secondary N) is 3. The molecule has 0 radical (unpaired) electrons. The molecule has 1 fully saturated rings. The lowest BCUT2D eigenvalue weighted by Gasteiger charge is -2.40. The third kappa shape index (κ3) is 8.40. The van der Waals surface area contributed by atoms with Crippen LogP contribution in [0, 0.1) is 23.2 Å². The highest BCUT2D eigenvalue weighted by Gasteiger charge is 2.86. The fraction of sp³-hybridized carbons (Fsp3) is 0.528. The lowest BCUT2D eigenvalue weighted by molar-refractivity contribution is -0.150. The highest BCUT2D eigenvalue weighted by Crippen LogP contribution is 2.60. The number of pyridine rings is 2. The van der Waals surface area contributed by atoms with Gasteiger partial charge in [-0.15, -0.1) is 0 Å². The molecule has 6 N–H and O–H groups in total. The number of aromatic nitrogens is 2. The molecule has 65 heavy (non-hydrogen) atoms. The third-order valence-corrected chi connectivity index (χ3v) is 15.7. The van der Waals surface area contributed by atoms with Crippen molar-refractivity contribution in [2.24, 2.45) is 23.2 Å². The molecule has 1 spiro atoms. The number of hydrogen-bond donors (Lipinski definition) is 5. The summed E-state index contributed by atoms with van der Waals surface area (Å²) >= 11 is 0. The molecule has 2 aromatic heterocycles. The summed E-state index contributed by atoms with van der Waals surface area (Å²) in [5, 5.41) is 21.4. The number of anilines is 2. The Balaban J connectivity index is 1.09. The van der Waals surface area contributed by atoms with Crippen LogP contribution in [0.15, 0.2) is 83.7 Å². The first-order valence-electron chi connectivity index (χ1n) is 24.0. The number of ketones is 2. The van der Waals surface area contributed by atoms with Crippen LogP contribution in [0.4, 0.5) is 11.6 Å². The third-order valence-electron chi connectivity index (χ3n) is 15.7. The molecule has 3 aliphatic carbocycles. The van der Waals surface area contributed by atoms with E-state index in [1.807, 2.05) is 56.7 Å². The van der Waals surface area contributed by atoms with E-state index in [0.717, 1.165) is 74.9 Å². The Kier molecular flexibility index (Phi) is 12.7. The summed E-state index contributed by atoms with van der Waals surface area (Å²) < 4.78 is 12.9. The Morgan fingerprint density at radius 3 is 2.71 bits per heavy atom. The summed E-state index contributed by atoms with van der Waals surface area (Å²) in [4.78, 5) is 54.8. The Morgan fingerprint density at radius 1 is 1.06 bits per heavy atom. The van der Waals surface area contributed by atoms with E-state index in [2.05, 4.69) is 58.0 Å². The van der Waals surface area contributed by atoms with Crippen LogP contribution in [0.1, 0.15) is 122 Å². The molecule has 9 rings (SSSR count). The van der Waals surface area contributed by atoms with Crippen molar-refractivity contribution in [2.75, 3.05) is 37.9 Å². The number of allylic oxidation sites excluding steroid dienone is 4. The van der Waals surface area contributed by atoms with Crippen molar-refractivity contribution in [3.05, 3.63) is 117 Å². The van der Waals surface area contributed by atoms with Gasteiger partial charge in [-0.1, -0.05) is 74.8 Å². The van der Waals surface area contributed by atoms with E-state index in [9.17, 15) is 5.11 Å². The number of Topliss-reactive ketones (excluding diaryl/α,β-unsaturated/α-hetero) is 2. The predicted molar refractivity (Wildman–Crippen MR) is 251 cm³/mol. The molecule has 0 saturated carbocycles. The molecule has 8 unspecified atom stereocenters. The van der Waals surface area contributed by atoms with Crippen molar-refractivity contribution >= 4 is 29.2 Å². The monoisotopic (exact) mass is 883 g/mol. The second-order valence-electron chi connectivity index (χ2n) is 20.0. The zero-order chi connectivity index (χ0) is 45.5. The van der Waals surface area contributed by atoms with Gasteiger partial charge in [-0.25, -0.2) is 14.8 Å². The van der Waals surface area contributed by atoms with Gasteiger partial charge in [0.2, 0.25) is 5.78 Å². The first-order valence-corrected chi connectivity index (χ1v) is 24.0. The maximum Gasteiger partial charge on any atom is 0.350 e. The largest absolute Gasteiger partial charge is 0.463 e. The number of carbonyl (C=O) groups is 3. The van der Waals surface area contributed by atoms with Crippen LogP contribution in [0.2, 0.25) is 0 Å². The second-order valence-corrected chi connectivity index (χ2v) is 20.0. The molecule has 12 heteroatoms. The number of carbonyl (C=O) groups excluding carboxylic acids is 3. The standard InChI is InChI=1S/C53H66N6O6/c1-5-56-43-25-36-12-8-11-34-10-6-7-22-51(3,26-33-16-19-44(54)58-29-33)27-37-13-9-14-41-46(37)48(62)53(50(63)64-31-38(43)24-42(34)36)52(65-53,47(41)61)28-39(30-60)32(2)15-17-35-21-23-57-49-40(35)18-20-45(55-4)59-49/h8-9,12-14,16,19,21,23,25,29,34,38,42-43,45,55-56,60H,5-7,10-11,15,17-18,20,22,24,26-28,30-31H2,1-4H3,(H2,54,58)(H,57,59). The van der Waals surface area contributed by atoms with Crippen LogP contribution in [0.25, 0.3) is 0 Å². The number of benzene rings is 1. The first kappa shape index (κ1) is 45.2. The number of aryl methyl sites for hydroxylation is 1. The number of fused-ring (bicyclic) bond motifs is 2. The molecule has 5 heterocycles. The number of esters is 1. The fourth-order valence-corrected chi connectivity index (χ4v) is 12.1. The van der Waals surface area contributed by atoms with Crippen LogP contribution < -0.4 is 21.7 Å². The number of aliphatic hydroxyl groups excluding tert-OH is 1. The minimum absolute atomic E-state index is 0.0236. The predicted octanol–water partition coefficient (Wildman–Crippen LogP) is 7.21. The minimum atomic E-state index is -2.18. The number of cyclic esters (lactones) is 1. The van der Waals surface area contributed by atoms with E-state index in [0.29, 0.717) is 54.5 Å². The van der Waals surface area contributed by atoms with Crippen LogP contribution >= 0.6 is 0 Å². The summed E-state index contributed by atoms with van der Waals surface area (Å²) in [6, 6.07) is 11.3.